The number of carbonyl (C=O) groups excluding carboxylic acids is 2. The van der Waals surface area contributed by atoms with Crippen LogP contribution < -0.4 is 0 Å². The van der Waals surface area contributed by atoms with Crippen molar-refractivity contribution < 1.29 is 9.59 Å². The van der Waals surface area contributed by atoms with Gasteiger partial charge in [-0.3, -0.25) is 14.5 Å². The standard InChI is InChI=1S/C14H12N2O2/c1-9(17)16-8-10(6-14(16)18)12-7-15-13-5-3-2-4-11(12)13/h2-7,15H,8H2,1H3. The Morgan fingerprint density at radius 3 is 2.83 bits per heavy atom. The van der Waals surface area contributed by atoms with Crippen LogP contribution in [-0.4, -0.2) is 28.2 Å². The van der Waals surface area contributed by atoms with Gasteiger partial charge >= 0.3 is 0 Å². The number of nitrogens with zero attached hydrogens (tertiary/aromatic N) is 1. The number of H-pyrrole nitrogens is 1. The van der Waals surface area contributed by atoms with Crippen LogP contribution >= 0.6 is 0 Å². The summed E-state index contributed by atoms with van der Waals surface area (Å²) >= 11 is 0. The topological polar surface area (TPSA) is 53.2 Å². The second-order valence-electron chi connectivity index (χ2n) is 4.36. The van der Waals surface area contributed by atoms with Crippen molar-refractivity contribution in [2.45, 2.75) is 6.92 Å². The summed E-state index contributed by atoms with van der Waals surface area (Å²) in [6.45, 7) is 1.76. The maximum atomic E-state index is 11.7. The third kappa shape index (κ3) is 1.54. The summed E-state index contributed by atoms with van der Waals surface area (Å²) in [5.41, 5.74) is 2.90. The van der Waals surface area contributed by atoms with E-state index < -0.39 is 0 Å². The molecule has 0 fully saturated rings. The summed E-state index contributed by atoms with van der Waals surface area (Å²) in [5.74, 6) is -0.450. The molecule has 0 saturated heterocycles. The molecule has 2 aromatic rings. The van der Waals surface area contributed by atoms with Crippen LogP contribution in [-0.2, 0) is 9.59 Å². The van der Waals surface area contributed by atoms with Crippen LogP contribution in [0.25, 0.3) is 16.5 Å². The van der Waals surface area contributed by atoms with Gasteiger partial charge in [0.15, 0.2) is 0 Å². The van der Waals surface area contributed by atoms with Crippen molar-refractivity contribution in [2.24, 2.45) is 0 Å². The van der Waals surface area contributed by atoms with Crippen molar-refractivity contribution in [2.75, 3.05) is 6.54 Å². The van der Waals surface area contributed by atoms with Crippen molar-refractivity contribution in [3.05, 3.63) is 42.1 Å². The molecule has 4 nitrogen and oxygen atoms in total. The fraction of sp³-hybridized carbons (Fsp3) is 0.143. The Morgan fingerprint density at radius 1 is 1.33 bits per heavy atom. The molecule has 0 bridgehead atoms. The highest BCUT2D eigenvalue weighted by molar-refractivity contribution is 6.11. The number of amides is 2. The van der Waals surface area contributed by atoms with Gasteiger partial charge in [-0.1, -0.05) is 18.2 Å². The van der Waals surface area contributed by atoms with Gasteiger partial charge in [-0.05, 0) is 11.6 Å². The normalized spacial score (nSPS) is 15.3. The van der Waals surface area contributed by atoms with Crippen molar-refractivity contribution in [3.8, 4) is 0 Å². The molecular weight excluding hydrogens is 228 g/mol. The van der Waals surface area contributed by atoms with Gasteiger partial charge in [0.05, 0.1) is 6.54 Å². The highest BCUT2D eigenvalue weighted by Gasteiger charge is 2.26. The lowest BCUT2D eigenvalue weighted by Crippen LogP contribution is -2.30. The lowest BCUT2D eigenvalue weighted by Gasteiger charge is -2.11. The summed E-state index contributed by atoms with van der Waals surface area (Å²) in [5, 5.41) is 1.07. The number of aromatic amines is 1. The molecule has 1 aromatic heterocycles. The van der Waals surface area contributed by atoms with E-state index in [4.69, 9.17) is 0 Å². The van der Waals surface area contributed by atoms with Crippen LogP contribution in [0.1, 0.15) is 12.5 Å². The van der Waals surface area contributed by atoms with Gasteiger partial charge in [0.25, 0.3) is 5.91 Å². The van der Waals surface area contributed by atoms with Gasteiger partial charge in [0.1, 0.15) is 0 Å². The largest absolute Gasteiger partial charge is 0.361 e. The first-order chi connectivity index (χ1) is 8.66. The smallest absolute Gasteiger partial charge is 0.253 e. The fourth-order valence-electron chi connectivity index (χ4n) is 2.29. The zero-order chi connectivity index (χ0) is 12.7. The number of benzene rings is 1. The second-order valence-corrected chi connectivity index (χ2v) is 4.36. The summed E-state index contributed by atoms with van der Waals surface area (Å²) < 4.78 is 0. The monoisotopic (exact) mass is 240 g/mol. The number of hydrogen-bond donors (Lipinski definition) is 1. The quantitative estimate of drug-likeness (QED) is 0.828. The van der Waals surface area contributed by atoms with E-state index in [2.05, 4.69) is 4.98 Å². The Bertz CT molecular complexity index is 682. The zero-order valence-corrected chi connectivity index (χ0v) is 9.93. The number of fused-ring (bicyclic) bond motifs is 1. The van der Waals surface area contributed by atoms with Crippen molar-refractivity contribution in [1.82, 2.24) is 9.88 Å². The first-order valence-corrected chi connectivity index (χ1v) is 5.76. The van der Waals surface area contributed by atoms with Gasteiger partial charge in [-0.15, -0.1) is 0 Å². The van der Waals surface area contributed by atoms with E-state index >= 15 is 0 Å². The lowest BCUT2D eigenvalue weighted by atomic mass is 10.1. The first kappa shape index (κ1) is 10.8. The van der Waals surface area contributed by atoms with Crippen molar-refractivity contribution >= 4 is 28.3 Å². The molecule has 2 heterocycles. The van der Waals surface area contributed by atoms with Crippen LogP contribution in [0.2, 0.25) is 0 Å². The molecule has 0 aliphatic carbocycles. The van der Waals surface area contributed by atoms with E-state index in [9.17, 15) is 9.59 Å². The Hall–Kier alpha value is -2.36. The Kier molecular flexibility index (Phi) is 2.30. The minimum absolute atomic E-state index is 0.217. The van der Waals surface area contributed by atoms with Crippen LogP contribution in [0.5, 0.6) is 0 Å². The number of hydrogen-bond acceptors (Lipinski definition) is 2. The predicted octanol–water partition coefficient (Wildman–Crippen LogP) is 1.94. The molecule has 1 aromatic carbocycles. The van der Waals surface area contributed by atoms with Crippen LogP contribution in [0, 0.1) is 0 Å². The van der Waals surface area contributed by atoms with E-state index in [0.717, 1.165) is 22.0 Å². The Labute approximate surface area is 104 Å². The Morgan fingerprint density at radius 2 is 2.11 bits per heavy atom. The highest BCUT2D eigenvalue weighted by atomic mass is 16.2. The van der Waals surface area contributed by atoms with Gasteiger partial charge in [-0.2, -0.15) is 0 Å². The first-order valence-electron chi connectivity index (χ1n) is 5.76. The Balaban J connectivity index is 2.05. The van der Waals surface area contributed by atoms with E-state index in [1.54, 1.807) is 0 Å². The second kappa shape index (κ2) is 3.84. The number of nitrogens with one attached hydrogen (secondary N) is 1. The summed E-state index contributed by atoms with van der Waals surface area (Å²) in [6, 6.07) is 7.90. The average Bonchev–Trinajstić information content (AvgIpc) is 2.92. The number of rotatable bonds is 1. The van der Waals surface area contributed by atoms with Crippen molar-refractivity contribution in [1.29, 1.82) is 0 Å². The highest BCUT2D eigenvalue weighted by Crippen LogP contribution is 2.28. The summed E-state index contributed by atoms with van der Waals surface area (Å²) in [4.78, 5) is 27.4. The van der Waals surface area contributed by atoms with Crippen LogP contribution in [0.4, 0.5) is 0 Å². The third-order valence-corrected chi connectivity index (χ3v) is 3.21. The van der Waals surface area contributed by atoms with Gasteiger partial charge in [0, 0.05) is 35.7 Å². The average molecular weight is 240 g/mol. The molecule has 0 saturated carbocycles. The fourth-order valence-corrected chi connectivity index (χ4v) is 2.29. The minimum Gasteiger partial charge on any atom is -0.361 e. The molecule has 0 spiro atoms. The SMILES string of the molecule is CC(=O)N1CC(c2c[nH]c3ccccc23)=CC1=O. The predicted molar refractivity (Wildman–Crippen MR) is 68.7 cm³/mol. The number of para-hydroxylation sites is 1. The zero-order valence-electron chi connectivity index (χ0n) is 9.93. The van der Waals surface area contributed by atoms with E-state index in [-0.39, 0.29) is 11.8 Å². The molecule has 2 amide bonds. The minimum atomic E-state index is -0.234. The molecular formula is C14H12N2O2. The third-order valence-electron chi connectivity index (χ3n) is 3.21. The molecule has 1 N–H and O–H groups in total. The van der Waals surface area contributed by atoms with Crippen LogP contribution in [0.15, 0.2) is 36.5 Å². The molecule has 90 valence electrons. The number of aromatic nitrogens is 1. The number of imide groups is 1. The van der Waals surface area contributed by atoms with Gasteiger partial charge < -0.3 is 4.98 Å². The maximum Gasteiger partial charge on any atom is 0.253 e. The van der Waals surface area contributed by atoms with Crippen molar-refractivity contribution in [3.63, 3.8) is 0 Å². The van der Waals surface area contributed by atoms with Crippen LogP contribution in [0.3, 0.4) is 0 Å². The molecule has 0 unspecified atom stereocenters. The molecule has 3 rings (SSSR count). The van der Waals surface area contributed by atoms with E-state index in [1.165, 1.54) is 17.9 Å². The van der Waals surface area contributed by atoms with Gasteiger partial charge in [-0.25, -0.2) is 0 Å². The summed E-state index contributed by atoms with van der Waals surface area (Å²) in [6.07, 6.45) is 3.42. The molecule has 1 aliphatic rings. The van der Waals surface area contributed by atoms with Gasteiger partial charge in [0.2, 0.25) is 5.91 Å². The number of carbonyl (C=O) groups is 2. The lowest BCUT2D eigenvalue weighted by molar-refractivity contribution is -0.138. The molecule has 0 atom stereocenters. The van der Waals surface area contributed by atoms with E-state index in [1.807, 2.05) is 30.5 Å². The molecule has 18 heavy (non-hydrogen) atoms. The maximum absolute atomic E-state index is 11.7. The van der Waals surface area contributed by atoms with E-state index in [0.29, 0.717) is 6.54 Å². The summed E-state index contributed by atoms with van der Waals surface area (Å²) in [7, 11) is 0. The molecule has 1 aliphatic heterocycles. The molecule has 0 radical (unpaired) electrons. The molecule has 4 heteroatoms.